The zero-order valence-electron chi connectivity index (χ0n) is 7.94. The first kappa shape index (κ1) is 13.3. The van der Waals surface area contributed by atoms with Crippen molar-refractivity contribution in [3.05, 3.63) is 22.3 Å². The Morgan fingerprint density at radius 2 is 1.86 bits per heavy atom. The van der Waals surface area contributed by atoms with Gasteiger partial charge in [-0.1, -0.05) is 13.8 Å². The molecule has 1 aromatic carbocycles. The number of rotatable bonds is 2. The summed E-state index contributed by atoms with van der Waals surface area (Å²) in [5.74, 6) is 0.943. The highest BCUT2D eigenvalue weighted by Crippen LogP contribution is 2.37. The summed E-state index contributed by atoms with van der Waals surface area (Å²) < 4.78 is 3.19. The number of halogens is 3. The fourth-order valence-corrected chi connectivity index (χ4v) is 5.68. The summed E-state index contributed by atoms with van der Waals surface area (Å²) in [6, 6.07) is 2.04. The minimum Gasteiger partial charge on any atom is -0.506 e. The molecule has 0 saturated heterocycles. The zero-order valence-corrected chi connectivity index (χ0v) is 14.4. The van der Waals surface area contributed by atoms with Gasteiger partial charge < -0.3 is 5.11 Å². The van der Waals surface area contributed by atoms with Gasteiger partial charge in [0.05, 0.1) is 7.14 Å². The molecule has 0 aliphatic carbocycles. The molecule has 1 rings (SSSR count). The number of aromatic hydroxyl groups is 1. The van der Waals surface area contributed by atoms with E-state index in [1.807, 2.05) is 6.07 Å². The average molecular weight is 528 g/mol. The van der Waals surface area contributed by atoms with E-state index in [9.17, 15) is 5.11 Å². The number of phenolic OH excluding ortho intramolecular Hbond substituents is 1. The maximum absolute atomic E-state index is 9.84. The number of phenols is 1. The summed E-state index contributed by atoms with van der Waals surface area (Å²) in [6.07, 6.45) is 1.10. The first-order chi connectivity index (χ1) is 6.49. The van der Waals surface area contributed by atoms with Crippen molar-refractivity contribution in [3.63, 3.8) is 0 Å². The Morgan fingerprint density at radius 3 is 2.36 bits per heavy atom. The molecule has 0 aromatic heterocycles. The smallest absolute Gasteiger partial charge is 0.142 e. The Kier molecular flexibility index (Phi) is 5.23. The molecular formula is C10H11I3O. The van der Waals surface area contributed by atoms with Crippen LogP contribution in [-0.4, -0.2) is 5.11 Å². The Labute approximate surface area is 125 Å². The van der Waals surface area contributed by atoms with Crippen molar-refractivity contribution in [1.82, 2.24) is 0 Å². The van der Waals surface area contributed by atoms with Crippen LogP contribution >= 0.6 is 67.8 Å². The predicted molar refractivity (Wildman–Crippen MR) is 85.0 cm³/mol. The SMILES string of the molecule is CCC(C)c1c(I)cc(I)c(O)c1I. The van der Waals surface area contributed by atoms with Gasteiger partial charge in [-0.15, -0.1) is 0 Å². The van der Waals surface area contributed by atoms with Crippen LogP contribution in [0.4, 0.5) is 0 Å². The lowest BCUT2D eigenvalue weighted by molar-refractivity contribution is 0.465. The average Bonchev–Trinajstić information content (AvgIpc) is 2.14. The van der Waals surface area contributed by atoms with Crippen molar-refractivity contribution >= 4 is 67.8 Å². The van der Waals surface area contributed by atoms with Gasteiger partial charge in [-0.2, -0.15) is 0 Å². The van der Waals surface area contributed by atoms with Gasteiger partial charge >= 0.3 is 0 Å². The summed E-state index contributed by atoms with van der Waals surface area (Å²) >= 11 is 6.75. The Bertz CT molecular complexity index is 350. The van der Waals surface area contributed by atoms with Crippen LogP contribution in [0.25, 0.3) is 0 Å². The second-order valence-electron chi connectivity index (χ2n) is 3.23. The molecule has 1 atom stereocenters. The van der Waals surface area contributed by atoms with Crippen LogP contribution in [0.5, 0.6) is 5.75 Å². The molecule has 0 aliphatic heterocycles. The van der Waals surface area contributed by atoms with Crippen molar-refractivity contribution in [2.75, 3.05) is 0 Å². The zero-order chi connectivity index (χ0) is 10.9. The molecule has 0 heterocycles. The highest BCUT2D eigenvalue weighted by atomic mass is 127. The molecule has 0 spiro atoms. The van der Waals surface area contributed by atoms with Crippen LogP contribution in [0.15, 0.2) is 6.07 Å². The molecule has 0 fully saturated rings. The van der Waals surface area contributed by atoms with Crippen LogP contribution in [-0.2, 0) is 0 Å². The lowest BCUT2D eigenvalue weighted by Gasteiger charge is -2.15. The molecule has 1 nitrogen and oxygen atoms in total. The largest absolute Gasteiger partial charge is 0.506 e. The van der Waals surface area contributed by atoms with Gasteiger partial charge in [0.2, 0.25) is 0 Å². The molecule has 0 bridgehead atoms. The van der Waals surface area contributed by atoms with Crippen molar-refractivity contribution in [3.8, 4) is 5.75 Å². The van der Waals surface area contributed by atoms with Crippen LogP contribution in [0, 0.1) is 10.7 Å². The normalized spacial score (nSPS) is 12.9. The van der Waals surface area contributed by atoms with Crippen LogP contribution in [0.1, 0.15) is 31.7 Å². The van der Waals surface area contributed by atoms with E-state index in [0.29, 0.717) is 11.7 Å². The van der Waals surface area contributed by atoms with Gasteiger partial charge in [0.15, 0.2) is 0 Å². The van der Waals surface area contributed by atoms with Gasteiger partial charge in [0.1, 0.15) is 5.75 Å². The standard InChI is InChI=1S/C10H11I3O/c1-3-5(2)8-6(11)4-7(12)10(14)9(8)13/h4-5,14H,3H2,1-2H3. The van der Waals surface area contributed by atoms with E-state index in [2.05, 4.69) is 81.6 Å². The Morgan fingerprint density at radius 1 is 1.29 bits per heavy atom. The van der Waals surface area contributed by atoms with Gasteiger partial charge in [-0.3, -0.25) is 0 Å². The molecule has 14 heavy (non-hydrogen) atoms. The van der Waals surface area contributed by atoms with E-state index >= 15 is 0 Å². The molecule has 0 saturated carbocycles. The molecule has 0 amide bonds. The molecule has 0 radical (unpaired) electrons. The molecule has 1 N–H and O–H groups in total. The molecule has 1 unspecified atom stereocenters. The number of hydrogen-bond acceptors (Lipinski definition) is 1. The Hall–Kier alpha value is 1.21. The molecule has 0 aliphatic rings. The molecule has 1 aromatic rings. The fourth-order valence-electron chi connectivity index (χ4n) is 1.25. The monoisotopic (exact) mass is 528 g/mol. The van der Waals surface area contributed by atoms with E-state index < -0.39 is 0 Å². The topological polar surface area (TPSA) is 20.2 Å². The van der Waals surface area contributed by atoms with Crippen molar-refractivity contribution in [2.24, 2.45) is 0 Å². The molecular weight excluding hydrogens is 517 g/mol. The highest BCUT2D eigenvalue weighted by Gasteiger charge is 2.16. The second-order valence-corrected chi connectivity index (χ2v) is 6.63. The van der Waals surface area contributed by atoms with Gasteiger partial charge in [0, 0.05) is 3.57 Å². The van der Waals surface area contributed by atoms with Crippen molar-refractivity contribution < 1.29 is 5.11 Å². The first-order valence-corrected chi connectivity index (χ1v) is 7.59. The summed E-state index contributed by atoms with van der Waals surface area (Å²) in [6.45, 7) is 4.37. The van der Waals surface area contributed by atoms with Crippen LogP contribution in [0.3, 0.4) is 0 Å². The first-order valence-electron chi connectivity index (χ1n) is 4.35. The van der Waals surface area contributed by atoms with Gasteiger partial charge in [-0.25, -0.2) is 0 Å². The third kappa shape index (κ3) is 2.66. The summed E-state index contributed by atoms with van der Waals surface area (Å²) in [4.78, 5) is 0. The second kappa shape index (κ2) is 5.51. The van der Waals surface area contributed by atoms with Crippen LogP contribution < -0.4 is 0 Å². The van der Waals surface area contributed by atoms with E-state index in [0.717, 1.165) is 13.6 Å². The fraction of sp³-hybridized carbons (Fsp3) is 0.400. The van der Waals surface area contributed by atoms with E-state index in [1.54, 1.807) is 0 Å². The maximum atomic E-state index is 9.84. The quantitative estimate of drug-likeness (QED) is 0.552. The van der Waals surface area contributed by atoms with Crippen molar-refractivity contribution in [1.29, 1.82) is 0 Å². The highest BCUT2D eigenvalue weighted by molar-refractivity contribution is 14.1. The van der Waals surface area contributed by atoms with Crippen molar-refractivity contribution in [2.45, 2.75) is 26.2 Å². The summed E-state index contributed by atoms with van der Waals surface area (Å²) in [7, 11) is 0. The third-order valence-electron chi connectivity index (χ3n) is 2.29. The molecule has 78 valence electrons. The lowest BCUT2D eigenvalue weighted by Crippen LogP contribution is -2.00. The Balaban J connectivity index is 3.36. The van der Waals surface area contributed by atoms with Gasteiger partial charge in [0.25, 0.3) is 0 Å². The predicted octanol–water partition coefficient (Wildman–Crippen LogP) is 4.72. The summed E-state index contributed by atoms with van der Waals surface area (Å²) in [5, 5.41) is 9.84. The number of benzene rings is 1. The maximum Gasteiger partial charge on any atom is 0.142 e. The van der Waals surface area contributed by atoms with E-state index in [-0.39, 0.29) is 0 Å². The van der Waals surface area contributed by atoms with E-state index in [4.69, 9.17) is 0 Å². The molecule has 4 heteroatoms. The van der Waals surface area contributed by atoms with Gasteiger partial charge in [-0.05, 0) is 91.7 Å². The third-order valence-corrected chi connectivity index (χ3v) is 5.09. The minimum absolute atomic E-state index is 0.432. The van der Waals surface area contributed by atoms with Crippen LogP contribution in [0.2, 0.25) is 0 Å². The minimum atomic E-state index is 0.432. The lowest BCUT2D eigenvalue weighted by atomic mass is 9.99. The number of hydrogen-bond donors (Lipinski definition) is 1. The summed E-state index contributed by atoms with van der Waals surface area (Å²) in [5.41, 5.74) is 1.28. The van der Waals surface area contributed by atoms with E-state index in [1.165, 1.54) is 9.13 Å².